The molecule has 0 bridgehead atoms. The van der Waals surface area contributed by atoms with Gasteiger partial charge in [0.1, 0.15) is 6.04 Å². The topological polar surface area (TPSA) is 86.6 Å². The molecule has 0 heterocycles. The van der Waals surface area contributed by atoms with Gasteiger partial charge in [-0.15, -0.1) is 0 Å². The Morgan fingerprint density at radius 1 is 1.26 bits per heavy atom. The fraction of sp³-hybridized carbons (Fsp3) is 0.286. The molecule has 2 atom stereocenters. The van der Waals surface area contributed by atoms with Crippen LogP contribution in [0.1, 0.15) is 23.7 Å². The molecule has 0 saturated carbocycles. The van der Waals surface area contributed by atoms with Gasteiger partial charge in [-0.25, -0.2) is 4.79 Å². The van der Waals surface area contributed by atoms with Gasteiger partial charge in [0.2, 0.25) is 0 Å². The minimum Gasteiger partial charge on any atom is -0.480 e. The molecule has 0 aromatic heterocycles. The third-order valence-electron chi connectivity index (χ3n) is 2.84. The predicted molar refractivity (Wildman–Crippen MR) is 78.7 cm³/mol. The van der Waals surface area contributed by atoms with E-state index < -0.39 is 35.8 Å². The maximum atomic E-state index is 12.4. The third kappa shape index (κ3) is 5.68. The lowest BCUT2D eigenvalue weighted by molar-refractivity contribution is -0.143. The van der Waals surface area contributed by atoms with Crippen molar-refractivity contribution >= 4 is 27.8 Å². The Hall–Kier alpha value is -1.87. The molecule has 1 rings (SSSR count). The summed E-state index contributed by atoms with van der Waals surface area (Å²) in [6.45, 7) is 3.45. The summed E-state index contributed by atoms with van der Waals surface area (Å²) in [5.41, 5.74) is -1.01. The highest BCUT2D eigenvalue weighted by atomic mass is 79.9. The molecule has 0 spiro atoms. The second kappa shape index (κ2) is 7.60. The molecule has 1 aromatic carbocycles. The largest absolute Gasteiger partial charge is 0.480 e. The van der Waals surface area contributed by atoms with Gasteiger partial charge in [-0.2, -0.15) is 13.2 Å². The van der Waals surface area contributed by atoms with E-state index in [1.54, 1.807) is 0 Å². The molecule has 0 saturated heterocycles. The predicted octanol–water partition coefficient (Wildman–Crippen LogP) is 2.61. The number of carboxylic acids is 1. The van der Waals surface area contributed by atoms with Crippen LogP contribution in [0.5, 0.6) is 0 Å². The smallest absolute Gasteiger partial charge is 0.416 e. The summed E-state index contributed by atoms with van der Waals surface area (Å²) in [7, 11) is 0. The SMILES string of the molecule is C=C(Br)C[C@@H](NC(=O)[C@@H](O)c1ccc(C(F)(F)F)cc1)C(=O)O. The number of carbonyl (C=O) groups is 2. The van der Waals surface area contributed by atoms with Crippen LogP contribution >= 0.6 is 15.9 Å². The first-order valence-electron chi connectivity index (χ1n) is 6.24. The summed E-state index contributed by atoms with van der Waals surface area (Å²) in [4.78, 5) is 22.8. The van der Waals surface area contributed by atoms with Crippen molar-refractivity contribution in [3.05, 3.63) is 46.5 Å². The van der Waals surface area contributed by atoms with Gasteiger partial charge < -0.3 is 15.5 Å². The van der Waals surface area contributed by atoms with E-state index in [-0.39, 0.29) is 12.0 Å². The van der Waals surface area contributed by atoms with Gasteiger partial charge in [0.15, 0.2) is 6.10 Å². The highest BCUT2D eigenvalue weighted by molar-refractivity contribution is 9.11. The Morgan fingerprint density at radius 3 is 2.17 bits per heavy atom. The zero-order valence-electron chi connectivity index (χ0n) is 11.6. The van der Waals surface area contributed by atoms with Gasteiger partial charge in [0, 0.05) is 6.42 Å². The number of hydrogen-bond acceptors (Lipinski definition) is 3. The third-order valence-corrected chi connectivity index (χ3v) is 3.17. The van der Waals surface area contributed by atoms with Crippen LogP contribution in [0, 0.1) is 0 Å². The number of carboxylic acid groups (broad SMARTS) is 1. The molecule has 0 aliphatic carbocycles. The quantitative estimate of drug-likeness (QED) is 0.690. The maximum Gasteiger partial charge on any atom is 0.416 e. The molecule has 0 aliphatic heterocycles. The molecule has 1 aromatic rings. The van der Waals surface area contributed by atoms with E-state index in [1.165, 1.54) is 0 Å². The number of hydrogen-bond donors (Lipinski definition) is 3. The van der Waals surface area contributed by atoms with E-state index in [9.17, 15) is 27.9 Å². The summed E-state index contributed by atoms with van der Waals surface area (Å²) in [5.74, 6) is -2.37. The minimum atomic E-state index is -4.53. The summed E-state index contributed by atoms with van der Waals surface area (Å²) < 4.78 is 37.7. The summed E-state index contributed by atoms with van der Waals surface area (Å²) in [6.07, 6.45) is -6.43. The average Bonchev–Trinajstić information content (AvgIpc) is 2.44. The molecule has 5 nitrogen and oxygen atoms in total. The average molecular weight is 396 g/mol. The standard InChI is InChI=1S/C14H13BrF3NO4/c1-7(15)6-10(13(22)23)19-12(21)11(20)8-2-4-9(5-3-8)14(16,17)18/h2-5,10-11,20H,1,6H2,(H,19,21)(H,22,23)/t10-,11+/m1/s1. The second-order valence-corrected chi connectivity index (χ2v) is 5.76. The summed E-state index contributed by atoms with van der Waals surface area (Å²) in [5, 5.41) is 20.9. The van der Waals surface area contributed by atoms with E-state index in [4.69, 9.17) is 5.11 Å². The van der Waals surface area contributed by atoms with Crippen molar-refractivity contribution in [2.45, 2.75) is 24.7 Å². The fourth-order valence-corrected chi connectivity index (χ4v) is 2.00. The lowest BCUT2D eigenvalue weighted by Crippen LogP contribution is -2.43. The number of nitrogens with one attached hydrogen (secondary N) is 1. The van der Waals surface area contributed by atoms with E-state index in [1.807, 2.05) is 0 Å². The monoisotopic (exact) mass is 395 g/mol. The second-order valence-electron chi connectivity index (χ2n) is 4.64. The zero-order valence-corrected chi connectivity index (χ0v) is 13.2. The Bertz CT molecular complexity index is 601. The van der Waals surface area contributed by atoms with Crippen LogP contribution in [0.3, 0.4) is 0 Å². The van der Waals surface area contributed by atoms with Gasteiger partial charge in [0.05, 0.1) is 5.56 Å². The molecule has 0 radical (unpaired) electrons. The number of amides is 1. The van der Waals surface area contributed by atoms with Crippen molar-refractivity contribution in [2.75, 3.05) is 0 Å². The molecule has 0 fully saturated rings. The van der Waals surface area contributed by atoms with Crippen LogP contribution in [-0.4, -0.2) is 28.1 Å². The van der Waals surface area contributed by atoms with Gasteiger partial charge in [-0.3, -0.25) is 4.79 Å². The molecular weight excluding hydrogens is 383 g/mol. The number of aliphatic hydroxyl groups is 1. The Kier molecular flexibility index (Phi) is 6.34. The van der Waals surface area contributed by atoms with Crippen molar-refractivity contribution in [1.82, 2.24) is 5.32 Å². The van der Waals surface area contributed by atoms with Crippen LogP contribution in [0.4, 0.5) is 13.2 Å². The van der Waals surface area contributed by atoms with Gasteiger partial charge in [0.25, 0.3) is 5.91 Å². The van der Waals surface area contributed by atoms with Crippen molar-refractivity contribution in [3.63, 3.8) is 0 Å². The van der Waals surface area contributed by atoms with Crippen molar-refractivity contribution < 1.29 is 33.0 Å². The van der Waals surface area contributed by atoms with Crippen LogP contribution in [0.2, 0.25) is 0 Å². The molecule has 126 valence electrons. The molecule has 1 amide bonds. The Labute approximate surface area is 137 Å². The lowest BCUT2D eigenvalue weighted by atomic mass is 10.1. The van der Waals surface area contributed by atoms with Gasteiger partial charge in [-0.05, 0) is 22.2 Å². The Balaban J connectivity index is 2.83. The maximum absolute atomic E-state index is 12.4. The highest BCUT2D eigenvalue weighted by Gasteiger charge is 2.31. The first kappa shape index (κ1) is 19.2. The van der Waals surface area contributed by atoms with E-state index in [2.05, 4.69) is 27.8 Å². The lowest BCUT2D eigenvalue weighted by Gasteiger charge is -2.17. The first-order chi connectivity index (χ1) is 10.5. The first-order valence-corrected chi connectivity index (χ1v) is 7.03. The van der Waals surface area contributed by atoms with Crippen molar-refractivity contribution in [2.24, 2.45) is 0 Å². The molecule has 9 heteroatoms. The van der Waals surface area contributed by atoms with E-state index in [0.29, 0.717) is 4.48 Å². The number of halogens is 4. The van der Waals surface area contributed by atoms with Crippen LogP contribution in [0.15, 0.2) is 35.3 Å². The van der Waals surface area contributed by atoms with Crippen molar-refractivity contribution in [3.8, 4) is 0 Å². The Morgan fingerprint density at radius 2 is 1.78 bits per heavy atom. The molecule has 23 heavy (non-hydrogen) atoms. The number of aliphatic carboxylic acids is 1. The minimum absolute atomic E-state index is 0.0858. The normalized spacial score (nSPS) is 14.0. The fourth-order valence-electron chi connectivity index (χ4n) is 1.68. The van der Waals surface area contributed by atoms with Crippen LogP contribution < -0.4 is 5.32 Å². The molecule has 0 unspecified atom stereocenters. The number of aliphatic hydroxyl groups excluding tert-OH is 1. The van der Waals surface area contributed by atoms with Crippen molar-refractivity contribution in [1.29, 1.82) is 0 Å². The highest BCUT2D eigenvalue weighted by Crippen LogP contribution is 2.30. The van der Waals surface area contributed by atoms with Crippen LogP contribution in [0.25, 0.3) is 0 Å². The van der Waals surface area contributed by atoms with Gasteiger partial charge >= 0.3 is 12.1 Å². The summed E-state index contributed by atoms with van der Waals surface area (Å²) >= 11 is 2.96. The number of alkyl halides is 3. The zero-order chi connectivity index (χ0) is 17.8. The van der Waals surface area contributed by atoms with E-state index in [0.717, 1.165) is 24.3 Å². The van der Waals surface area contributed by atoms with Crippen LogP contribution in [-0.2, 0) is 15.8 Å². The number of benzene rings is 1. The molecule has 3 N–H and O–H groups in total. The number of rotatable bonds is 6. The molecule has 0 aliphatic rings. The van der Waals surface area contributed by atoms with Gasteiger partial charge in [-0.1, -0.05) is 34.6 Å². The molecular formula is C14H13BrF3NO4. The summed E-state index contributed by atoms with van der Waals surface area (Å²) in [6, 6.07) is 2.03. The van der Waals surface area contributed by atoms with E-state index >= 15 is 0 Å². The number of carbonyl (C=O) groups excluding carboxylic acids is 1.